The van der Waals surface area contributed by atoms with Crippen LogP contribution in [-0.2, 0) is 13.0 Å². The van der Waals surface area contributed by atoms with Crippen molar-refractivity contribution in [3.8, 4) is 0 Å². The summed E-state index contributed by atoms with van der Waals surface area (Å²) in [7, 11) is 0. The number of hydrogen-bond donors (Lipinski definition) is 2. The van der Waals surface area contributed by atoms with Gasteiger partial charge in [-0.15, -0.1) is 0 Å². The molecule has 0 spiro atoms. The molecular formula is C20H18ClN5O. The Kier molecular flexibility index (Phi) is 4.89. The van der Waals surface area contributed by atoms with Crippen molar-refractivity contribution in [3.63, 3.8) is 0 Å². The average molecular weight is 380 g/mol. The molecule has 6 nitrogen and oxygen atoms in total. The maximum absolute atomic E-state index is 12.3. The van der Waals surface area contributed by atoms with Gasteiger partial charge in [-0.05, 0) is 35.7 Å². The number of carbonyl (C=O) groups excluding carboxylic acids is 1. The number of benzene rings is 2. The number of rotatable bonds is 3. The molecule has 2 amide bonds. The zero-order valence-corrected chi connectivity index (χ0v) is 15.3. The fraction of sp³-hybridized carbons (Fsp3) is 0.150. The Bertz CT molecular complexity index is 964. The predicted octanol–water partition coefficient (Wildman–Crippen LogP) is 4.34. The lowest BCUT2D eigenvalue weighted by molar-refractivity contribution is 0.262. The molecule has 1 aliphatic rings. The summed E-state index contributed by atoms with van der Waals surface area (Å²) in [6.45, 7) is 1.45. The van der Waals surface area contributed by atoms with E-state index < -0.39 is 0 Å². The van der Waals surface area contributed by atoms with Crippen LogP contribution in [0.4, 0.5) is 22.0 Å². The fourth-order valence-corrected chi connectivity index (χ4v) is 3.48. The van der Waals surface area contributed by atoms with E-state index in [2.05, 4.69) is 31.6 Å². The molecule has 4 rings (SSSR count). The number of carbonyl (C=O) groups is 1. The molecule has 7 heteroatoms. The molecule has 0 radical (unpaired) electrons. The fourth-order valence-electron chi connectivity index (χ4n) is 3.25. The second kappa shape index (κ2) is 7.63. The number of fused-ring (bicyclic) bond motifs is 1. The van der Waals surface area contributed by atoms with Crippen LogP contribution < -0.4 is 15.5 Å². The van der Waals surface area contributed by atoms with Gasteiger partial charge in [0.25, 0.3) is 0 Å². The zero-order valence-electron chi connectivity index (χ0n) is 14.5. The lowest BCUT2D eigenvalue weighted by Gasteiger charge is -2.31. The standard InChI is InChI=1S/C20H18ClN5O/c21-17-11-22-13-23-19(17)26-10-9-16-14(12-26)5-4-8-18(16)25-20(27)24-15-6-2-1-3-7-15/h1-8,11,13H,9-10,12H2,(H2,24,25,27). The molecular weight excluding hydrogens is 362 g/mol. The second-order valence-electron chi connectivity index (χ2n) is 6.25. The van der Waals surface area contributed by atoms with Crippen LogP contribution in [0.15, 0.2) is 61.1 Å². The smallest absolute Gasteiger partial charge is 0.323 e. The van der Waals surface area contributed by atoms with Gasteiger partial charge in [-0.2, -0.15) is 0 Å². The zero-order chi connectivity index (χ0) is 18.6. The van der Waals surface area contributed by atoms with Crippen LogP contribution in [0.5, 0.6) is 0 Å². The Morgan fingerprint density at radius 2 is 1.93 bits per heavy atom. The second-order valence-corrected chi connectivity index (χ2v) is 6.66. The van der Waals surface area contributed by atoms with Crippen LogP contribution in [0.1, 0.15) is 11.1 Å². The lowest BCUT2D eigenvalue weighted by Crippen LogP contribution is -2.32. The highest BCUT2D eigenvalue weighted by molar-refractivity contribution is 6.32. The highest BCUT2D eigenvalue weighted by Crippen LogP contribution is 2.31. The molecule has 3 aromatic rings. The summed E-state index contributed by atoms with van der Waals surface area (Å²) in [5.74, 6) is 0.734. The van der Waals surface area contributed by atoms with Gasteiger partial charge >= 0.3 is 6.03 Å². The minimum Gasteiger partial charge on any atom is -0.351 e. The molecule has 0 unspecified atom stereocenters. The third-order valence-electron chi connectivity index (χ3n) is 4.49. The van der Waals surface area contributed by atoms with Crippen LogP contribution in [-0.4, -0.2) is 22.5 Å². The summed E-state index contributed by atoms with van der Waals surface area (Å²) < 4.78 is 0. The van der Waals surface area contributed by atoms with E-state index in [0.717, 1.165) is 41.3 Å². The molecule has 0 atom stereocenters. The summed E-state index contributed by atoms with van der Waals surface area (Å²) in [4.78, 5) is 22.7. The van der Waals surface area contributed by atoms with E-state index >= 15 is 0 Å². The molecule has 0 saturated heterocycles. The van der Waals surface area contributed by atoms with Crippen LogP contribution in [0.25, 0.3) is 0 Å². The number of nitrogens with one attached hydrogen (secondary N) is 2. The number of nitrogens with zero attached hydrogens (tertiary/aromatic N) is 3. The van der Waals surface area contributed by atoms with Crippen LogP contribution in [0.3, 0.4) is 0 Å². The first-order valence-electron chi connectivity index (χ1n) is 8.65. The lowest BCUT2D eigenvalue weighted by atomic mass is 9.97. The molecule has 2 heterocycles. The minimum absolute atomic E-state index is 0.254. The van der Waals surface area contributed by atoms with Gasteiger partial charge in [0.1, 0.15) is 11.3 Å². The van der Waals surface area contributed by atoms with Crippen molar-refractivity contribution in [1.82, 2.24) is 9.97 Å². The summed E-state index contributed by atoms with van der Waals surface area (Å²) in [5, 5.41) is 6.35. The molecule has 27 heavy (non-hydrogen) atoms. The van der Waals surface area contributed by atoms with Gasteiger partial charge in [-0.1, -0.05) is 41.9 Å². The van der Waals surface area contributed by atoms with Crippen molar-refractivity contribution >= 4 is 34.8 Å². The van der Waals surface area contributed by atoms with Crippen molar-refractivity contribution in [1.29, 1.82) is 0 Å². The highest BCUT2D eigenvalue weighted by Gasteiger charge is 2.22. The largest absolute Gasteiger partial charge is 0.351 e. The van der Waals surface area contributed by atoms with Crippen LogP contribution in [0.2, 0.25) is 5.02 Å². The van der Waals surface area contributed by atoms with Crippen LogP contribution >= 0.6 is 11.6 Å². The predicted molar refractivity (Wildman–Crippen MR) is 107 cm³/mol. The van der Waals surface area contributed by atoms with E-state index in [0.29, 0.717) is 11.6 Å². The highest BCUT2D eigenvalue weighted by atomic mass is 35.5. The van der Waals surface area contributed by atoms with Gasteiger partial charge in [0, 0.05) is 24.5 Å². The molecule has 0 saturated carbocycles. The molecule has 2 aromatic carbocycles. The number of aromatic nitrogens is 2. The van der Waals surface area contributed by atoms with Crippen molar-refractivity contribution in [2.45, 2.75) is 13.0 Å². The van der Waals surface area contributed by atoms with E-state index in [1.807, 2.05) is 42.5 Å². The molecule has 136 valence electrons. The van der Waals surface area contributed by atoms with Gasteiger partial charge in [-0.3, -0.25) is 0 Å². The number of urea groups is 1. The maximum atomic E-state index is 12.3. The number of anilines is 3. The minimum atomic E-state index is -0.254. The number of halogens is 1. The van der Waals surface area contributed by atoms with Gasteiger partial charge in [0.2, 0.25) is 0 Å². The molecule has 0 aliphatic carbocycles. The first kappa shape index (κ1) is 17.3. The number of hydrogen-bond acceptors (Lipinski definition) is 4. The topological polar surface area (TPSA) is 70.2 Å². The molecule has 0 bridgehead atoms. The van der Waals surface area contributed by atoms with Crippen LogP contribution in [0, 0.1) is 0 Å². The number of para-hydroxylation sites is 1. The van der Waals surface area contributed by atoms with E-state index in [1.165, 1.54) is 6.33 Å². The molecule has 0 fully saturated rings. The molecule has 1 aliphatic heterocycles. The summed E-state index contributed by atoms with van der Waals surface area (Å²) >= 11 is 6.23. The van der Waals surface area contributed by atoms with E-state index in [-0.39, 0.29) is 6.03 Å². The summed E-state index contributed by atoms with van der Waals surface area (Å²) in [6, 6.07) is 15.1. The van der Waals surface area contributed by atoms with Crippen molar-refractivity contribution in [2.24, 2.45) is 0 Å². The Hall–Kier alpha value is -3.12. The van der Waals surface area contributed by atoms with E-state index in [1.54, 1.807) is 6.20 Å². The molecule has 2 N–H and O–H groups in total. The summed E-state index contributed by atoms with van der Waals surface area (Å²) in [5.41, 5.74) is 3.87. The average Bonchev–Trinajstić information content (AvgIpc) is 2.69. The van der Waals surface area contributed by atoms with Crippen molar-refractivity contribution in [3.05, 3.63) is 77.2 Å². The SMILES string of the molecule is O=C(Nc1ccccc1)Nc1cccc2c1CCN(c1ncncc1Cl)C2. The van der Waals surface area contributed by atoms with Gasteiger partial charge in [0.05, 0.1) is 6.20 Å². The number of amides is 2. The van der Waals surface area contributed by atoms with Crippen molar-refractivity contribution in [2.75, 3.05) is 22.1 Å². The third-order valence-corrected chi connectivity index (χ3v) is 4.76. The Balaban J connectivity index is 1.50. The van der Waals surface area contributed by atoms with Gasteiger partial charge < -0.3 is 15.5 Å². The van der Waals surface area contributed by atoms with E-state index in [4.69, 9.17) is 11.6 Å². The van der Waals surface area contributed by atoms with E-state index in [9.17, 15) is 4.79 Å². The monoisotopic (exact) mass is 379 g/mol. The summed E-state index contributed by atoms with van der Waals surface area (Å²) in [6.07, 6.45) is 3.89. The third kappa shape index (κ3) is 3.85. The first-order chi connectivity index (χ1) is 13.2. The van der Waals surface area contributed by atoms with Gasteiger partial charge in [-0.25, -0.2) is 14.8 Å². The van der Waals surface area contributed by atoms with Crippen molar-refractivity contribution < 1.29 is 4.79 Å². The van der Waals surface area contributed by atoms with Gasteiger partial charge in [0.15, 0.2) is 5.82 Å². The quantitative estimate of drug-likeness (QED) is 0.710. The molecule has 1 aromatic heterocycles. The Morgan fingerprint density at radius 1 is 1.07 bits per heavy atom. The Labute approximate surface area is 162 Å². The maximum Gasteiger partial charge on any atom is 0.323 e. The first-order valence-corrected chi connectivity index (χ1v) is 9.03. The Morgan fingerprint density at radius 3 is 2.74 bits per heavy atom. The normalized spacial score (nSPS) is 13.0.